The minimum atomic E-state index is -4.45. The zero-order valence-electron chi connectivity index (χ0n) is 13.5. The summed E-state index contributed by atoms with van der Waals surface area (Å²) < 4.78 is 31.7. The summed E-state index contributed by atoms with van der Waals surface area (Å²) in [4.78, 5) is 22.1. The molecule has 0 aliphatic heterocycles. The Morgan fingerprint density at radius 1 is 1.00 bits per heavy atom. The average Bonchev–Trinajstić information content (AvgIpc) is 2.63. The molecule has 3 rings (SSSR count). The number of hydrogen-bond acceptors (Lipinski definition) is 6. The van der Waals surface area contributed by atoms with Crippen LogP contribution in [0.1, 0.15) is 10.4 Å². The summed E-state index contributed by atoms with van der Waals surface area (Å²) in [6, 6.07) is 11.2. The van der Waals surface area contributed by atoms with Crippen LogP contribution in [-0.2, 0) is 10.1 Å². The van der Waals surface area contributed by atoms with Gasteiger partial charge in [-0.2, -0.15) is 8.42 Å². The highest BCUT2D eigenvalue weighted by atomic mass is 32.2. The van der Waals surface area contributed by atoms with Crippen molar-refractivity contribution in [3.05, 3.63) is 70.3 Å². The van der Waals surface area contributed by atoms with Gasteiger partial charge in [-0.05, 0) is 36.4 Å². The summed E-state index contributed by atoms with van der Waals surface area (Å²) in [6.07, 6.45) is 0. The van der Waals surface area contributed by atoms with Crippen molar-refractivity contribution in [1.29, 1.82) is 0 Å². The molecular weight excluding hydrogens is 376 g/mol. The van der Waals surface area contributed by atoms with E-state index >= 15 is 0 Å². The molecule has 27 heavy (non-hydrogen) atoms. The van der Waals surface area contributed by atoms with Gasteiger partial charge in [0.25, 0.3) is 21.7 Å². The van der Waals surface area contributed by atoms with E-state index in [-0.39, 0.29) is 28.1 Å². The molecule has 0 aromatic heterocycles. The van der Waals surface area contributed by atoms with Crippen LogP contribution in [0.4, 0.5) is 11.4 Å². The van der Waals surface area contributed by atoms with Crippen molar-refractivity contribution in [3.8, 4) is 5.75 Å². The van der Waals surface area contributed by atoms with Crippen molar-refractivity contribution in [2.24, 2.45) is 0 Å². The van der Waals surface area contributed by atoms with Crippen LogP contribution in [0.2, 0.25) is 0 Å². The molecule has 0 bridgehead atoms. The molecule has 0 fully saturated rings. The summed E-state index contributed by atoms with van der Waals surface area (Å²) >= 11 is 0. The maximum absolute atomic E-state index is 12.4. The van der Waals surface area contributed by atoms with Crippen LogP contribution in [-0.4, -0.2) is 28.9 Å². The van der Waals surface area contributed by atoms with Crippen LogP contribution in [0.5, 0.6) is 5.75 Å². The molecule has 0 saturated heterocycles. The number of hydrogen-bond donors (Lipinski definition) is 3. The molecular formula is C17H12N2O7S. The number of amides is 1. The molecule has 10 heteroatoms. The van der Waals surface area contributed by atoms with Gasteiger partial charge in [0.2, 0.25) is 0 Å². The Morgan fingerprint density at radius 3 is 2.26 bits per heavy atom. The summed E-state index contributed by atoms with van der Waals surface area (Å²) in [7, 11) is -4.45. The largest absolute Gasteiger partial charge is 0.507 e. The molecule has 138 valence electrons. The van der Waals surface area contributed by atoms with Crippen LogP contribution in [0.15, 0.2) is 59.5 Å². The number of nitro benzene ring substituents is 1. The van der Waals surface area contributed by atoms with E-state index < -0.39 is 25.8 Å². The Labute approximate surface area is 152 Å². The number of carbonyl (C=O) groups is 1. The van der Waals surface area contributed by atoms with Gasteiger partial charge in [0.1, 0.15) is 5.75 Å². The number of nitro groups is 1. The fourth-order valence-corrected chi connectivity index (χ4v) is 3.02. The van der Waals surface area contributed by atoms with Crippen LogP contribution in [0.3, 0.4) is 0 Å². The molecule has 3 aromatic carbocycles. The van der Waals surface area contributed by atoms with E-state index in [1.54, 1.807) is 0 Å². The predicted octanol–water partition coefficient (Wildman–Crippen LogP) is 2.95. The van der Waals surface area contributed by atoms with E-state index in [1.807, 2.05) is 0 Å². The standard InChI is InChI=1S/C17H12N2O7S/c20-16-8-7-15(13-6-5-12(9-14(13)16)27(24,25)26)18-17(21)10-1-3-11(4-2-10)19(22)23/h1-9,20H,(H,18,21)(H,24,25,26). The summed E-state index contributed by atoms with van der Waals surface area (Å²) in [5, 5.41) is 23.7. The maximum Gasteiger partial charge on any atom is 0.294 e. The van der Waals surface area contributed by atoms with Gasteiger partial charge < -0.3 is 10.4 Å². The first kappa shape index (κ1) is 18.3. The summed E-state index contributed by atoms with van der Waals surface area (Å²) in [6.45, 7) is 0. The van der Waals surface area contributed by atoms with E-state index in [9.17, 15) is 28.4 Å². The van der Waals surface area contributed by atoms with Gasteiger partial charge >= 0.3 is 0 Å². The third kappa shape index (κ3) is 3.71. The lowest BCUT2D eigenvalue weighted by Crippen LogP contribution is -2.12. The van der Waals surface area contributed by atoms with Crippen LogP contribution >= 0.6 is 0 Å². The van der Waals surface area contributed by atoms with Gasteiger partial charge in [0.15, 0.2) is 0 Å². The number of fused-ring (bicyclic) bond motifs is 1. The number of nitrogens with one attached hydrogen (secondary N) is 1. The lowest BCUT2D eigenvalue weighted by Gasteiger charge is -2.11. The molecule has 0 aliphatic rings. The van der Waals surface area contributed by atoms with Crippen molar-refractivity contribution >= 4 is 38.2 Å². The fourth-order valence-electron chi connectivity index (χ4n) is 2.51. The van der Waals surface area contributed by atoms with Gasteiger partial charge in [-0.25, -0.2) is 0 Å². The van der Waals surface area contributed by atoms with Crippen LogP contribution < -0.4 is 5.32 Å². The number of nitrogens with zero attached hydrogens (tertiary/aromatic N) is 1. The number of benzene rings is 3. The molecule has 3 aromatic rings. The third-order valence-corrected chi connectivity index (χ3v) is 4.70. The van der Waals surface area contributed by atoms with E-state index in [0.717, 1.165) is 12.1 Å². The topological polar surface area (TPSA) is 147 Å². The van der Waals surface area contributed by atoms with Crippen molar-refractivity contribution < 1.29 is 27.8 Å². The molecule has 0 radical (unpaired) electrons. The number of anilines is 1. The third-order valence-electron chi connectivity index (χ3n) is 3.85. The highest BCUT2D eigenvalue weighted by Crippen LogP contribution is 2.33. The molecule has 0 spiro atoms. The number of rotatable bonds is 4. The van der Waals surface area contributed by atoms with Crippen molar-refractivity contribution in [1.82, 2.24) is 0 Å². The van der Waals surface area contributed by atoms with Gasteiger partial charge in [-0.15, -0.1) is 0 Å². The number of carbonyl (C=O) groups excluding carboxylic acids is 1. The smallest absolute Gasteiger partial charge is 0.294 e. The number of phenolic OH excluding ortho intramolecular Hbond substituents is 1. The molecule has 3 N–H and O–H groups in total. The second kappa shape index (κ2) is 6.67. The van der Waals surface area contributed by atoms with Gasteiger partial charge in [0.05, 0.1) is 9.82 Å². The fraction of sp³-hybridized carbons (Fsp3) is 0. The Bertz CT molecular complexity index is 1170. The van der Waals surface area contributed by atoms with Crippen LogP contribution in [0.25, 0.3) is 10.8 Å². The molecule has 0 atom stereocenters. The number of phenols is 1. The molecule has 0 unspecified atom stereocenters. The number of aromatic hydroxyl groups is 1. The van der Waals surface area contributed by atoms with Gasteiger partial charge in [0, 0.05) is 34.2 Å². The average molecular weight is 388 g/mol. The van der Waals surface area contributed by atoms with Gasteiger partial charge in [-0.1, -0.05) is 6.07 Å². The molecule has 0 heterocycles. The second-order valence-corrected chi connectivity index (χ2v) is 6.99. The first-order valence-electron chi connectivity index (χ1n) is 7.46. The second-order valence-electron chi connectivity index (χ2n) is 5.57. The highest BCUT2D eigenvalue weighted by Gasteiger charge is 2.15. The Hall–Kier alpha value is -3.50. The highest BCUT2D eigenvalue weighted by molar-refractivity contribution is 7.85. The Balaban J connectivity index is 1.98. The lowest BCUT2D eigenvalue weighted by molar-refractivity contribution is -0.384. The van der Waals surface area contributed by atoms with Crippen molar-refractivity contribution in [3.63, 3.8) is 0 Å². The van der Waals surface area contributed by atoms with Crippen molar-refractivity contribution in [2.45, 2.75) is 4.90 Å². The minimum absolute atomic E-state index is 0.117. The van der Waals surface area contributed by atoms with Crippen LogP contribution in [0, 0.1) is 10.1 Å². The molecule has 0 aliphatic carbocycles. The molecule has 9 nitrogen and oxygen atoms in total. The van der Waals surface area contributed by atoms with E-state index in [2.05, 4.69) is 5.32 Å². The zero-order chi connectivity index (χ0) is 19.8. The summed E-state index contributed by atoms with van der Waals surface area (Å²) in [5.41, 5.74) is 0.309. The summed E-state index contributed by atoms with van der Waals surface area (Å²) in [5.74, 6) is -0.778. The zero-order valence-corrected chi connectivity index (χ0v) is 14.3. The van der Waals surface area contributed by atoms with E-state index in [0.29, 0.717) is 5.39 Å². The monoisotopic (exact) mass is 388 g/mol. The molecule has 1 amide bonds. The molecule has 0 saturated carbocycles. The van der Waals surface area contributed by atoms with Crippen molar-refractivity contribution in [2.75, 3.05) is 5.32 Å². The lowest BCUT2D eigenvalue weighted by atomic mass is 10.1. The quantitative estimate of drug-likeness (QED) is 0.269. The maximum atomic E-state index is 12.4. The Kier molecular flexibility index (Phi) is 4.52. The number of non-ortho nitro benzene ring substituents is 1. The van der Waals surface area contributed by atoms with E-state index in [4.69, 9.17) is 4.55 Å². The van der Waals surface area contributed by atoms with Gasteiger partial charge in [-0.3, -0.25) is 19.5 Å². The first-order valence-corrected chi connectivity index (χ1v) is 8.90. The first-order chi connectivity index (χ1) is 12.7. The SMILES string of the molecule is O=C(Nc1ccc(O)c2cc(S(=O)(=O)O)ccc12)c1ccc([N+](=O)[O-])cc1. The van der Waals surface area contributed by atoms with E-state index in [1.165, 1.54) is 42.5 Å². The Morgan fingerprint density at radius 2 is 1.67 bits per heavy atom. The minimum Gasteiger partial charge on any atom is -0.507 e. The normalized spacial score (nSPS) is 11.3. The predicted molar refractivity (Wildman–Crippen MR) is 96.5 cm³/mol.